The van der Waals surface area contributed by atoms with Gasteiger partial charge in [0.05, 0.1) is 0 Å². The zero-order valence-corrected chi connectivity index (χ0v) is 9.40. The summed E-state index contributed by atoms with van der Waals surface area (Å²) in [6.45, 7) is 3.79. The molecule has 0 saturated carbocycles. The topological polar surface area (TPSA) is 54.6 Å². The molecule has 84 valence electrons. The summed E-state index contributed by atoms with van der Waals surface area (Å²) in [4.78, 5) is 16.1. The minimum atomic E-state index is -0.0952. The van der Waals surface area contributed by atoms with Crippen molar-refractivity contribution in [1.29, 1.82) is 0 Å². The Morgan fingerprint density at radius 1 is 1.50 bits per heavy atom. The molecule has 0 aliphatic heterocycles. The van der Waals surface area contributed by atoms with Crippen LogP contribution in [0.4, 0.5) is 0 Å². The van der Waals surface area contributed by atoms with E-state index in [9.17, 15) is 9.90 Å². The SMILES string of the molecule is CCCc1cnc2c(O)c(C)ccn2c1=O. The summed E-state index contributed by atoms with van der Waals surface area (Å²) in [5.41, 5.74) is 1.63. The van der Waals surface area contributed by atoms with Crippen molar-refractivity contribution in [2.75, 3.05) is 0 Å². The second-order valence-electron chi connectivity index (χ2n) is 3.88. The van der Waals surface area contributed by atoms with Gasteiger partial charge < -0.3 is 5.11 Å². The van der Waals surface area contributed by atoms with Gasteiger partial charge in [-0.05, 0) is 25.0 Å². The highest BCUT2D eigenvalue weighted by molar-refractivity contribution is 5.56. The summed E-state index contributed by atoms with van der Waals surface area (Å²) in [5.74, 6) is 0.0719. The lowest BCUT2D eigenvalue weighted by Crippen LogP contribution is -2.19. The standard InChI is InChI=1S/C12H14N2O2/c1-3-4-9-7-13-11-10(15)8(2)5-6-14(11)12(9)16/h5-7,15H,3-4H2,1-2H3. The van der Waals surface area contributed by atoms with Crippen molar-refractivity contribution in [2.24, 2.45) is 0 Å². The molecule has 0 amide bonds. The van der Waals surface area contributed by atoms with Crippen LogP contribution < -0.4 is 5.56 Å². The lowest BCUT2D eigenvalue weighted by atomic mass is 10.2. The maximum Gasteiger partial charge on any atom is 0.261 e. The predicted octanol–water partition coefficient (Wildman–Crippen LogP) is 1.66. The summed E-state index contributed by atoms with van der Waals surface area (Å²) in [6, 6.07) is 1.71. The van der Waals surface area contributed by atoms with E-state index in [1.165, 1.54) is 4.40 Å². The molecule has 4 nitrogen and oxygen atoms in total. The van der Waals surface area contributed by atoms with E-state index in [0.717, 1.165) is 12.0 Å². The summed E-state index contributed by atoms with van der Waals surface area (Å²) in [6.07, 6.45) is 4.82. The van der Waals surface area contributed by atoms with Gasteiger partial charge in [-0.2, -0.15) is 0 Å². The fourth-order valence-corrected chi connectivity index (χ4v) is 1.70. The molecular weight excluding hydrogens is 204 g/mol. The number of aromatic hydroxyl groups is 1. The van der Waals surface area contributed by atoms with Gasteiger partial charge in [0.1, 0.15) is 0 Å². The second kappa shape index (κ2) is 3.96. The highest BCUT2D eigenvalue weighted by Crippen LogP contribution is 2.19. The molecule has 0 aliphatic carbocycles. The molecule has 0 fully saturated rings. The zero-order valence-electron chi connectivity index (χ0n) is 9.40. The number of hydrogen-bond acceptors (Lipinski definition) is 3. The number of nitrogens with zero attached hydrogens (tertiary/aromatic N) is 2. The minimum absolute atomic E-state index is 0.0719. The fraction of sp³-hybridized carbons (Fsp3) is 0.333. The monoisotopic (exact) mass is 218 g/mol. The molecule has 0 spiro atoms. The van der Waals surface area contributed by atoms with Crippen LogP contribution in [0, 0.1) is 6.92 Å². The maximum atomic E-state index is 12.0. The molecule has 0 aliphatic rings. The van der Waals surface area contributed by atoms with E-state index in [1.807, 2.05) is 6.92 Å². The van der Waals surface area contributed by atoms with Crippen molar-refractivity contribution >= 4 is 5.65 Å². The Balaban J connectivity index is 2.77. The first-order valence-electron chi connectivity index (χ1n) is 5.34. The van der Waals surface area contributed by atoms with Gasteiger partial charge in [0, 0.05) is 18.0 Å². The number of hydrogen-bond donors (Lipinski definition) is 1. The zero-order chi connectivity index (χ0) is 11.7. The van der Waals surface area contributed by atoms with Crippen LogP contribution in [-0.4, -0.2) is 14.5 Å². The summed E-state index contributed by atoms with van der Waals surface area (Å²) >= 11 is 0. The van der Waals surface area contributed by atoms with Crippen LogP contribution in [0.15, 0.2) is 23.3 Å². The second-order valence-corrected chi connectivity index (χ2v) is 3.88. The van der Waals surface area contributed by atoms with Crippen LogP contribution >= 0.6 is 0 Å². The molecule has 2 aromatic rings. The number of pyridine rings is 1. The summed E-state index contributed by atoms with van der Waals surface area (Å²) in [7, 11) is 0. The molecular formula is C12H14N2O2. The first-order chi connectivity index (χ1) is 7.65. The maximum absolute atomic E-state index is 12.0. The molecule has 2 heterocycles. The van der Waals surface area contributed by atoms with Gasteiger partial charge in [-0.3, -0.25) is 9.20 Å². The van der Waals surface area contributed by atoms with Crippen molar-refractivity contribution in [2.45, 2.75) is 26.7 Å². The van der Waals surface area contributed by atoms with Crippen LogP contribution in [0.25, 0.3) is 5.65 Å². The van der Waals surface area contributed by atoms with Crippen LogP contribution in [0.5, 0.6) is 5.75 Å². The third-order valence-corrected chi connectivity index (χ3v) is 2.64. The summed E-state index contributed by atoms with van der Waals surface area (Å²) in [5, 5.41) is 9.78. The van der Waals surface area contributed by atoms with E-state index >= 15 is 0 Å². The molecule has 2 aromatic heterocycles. The Bertz CT molecular complexity index is 587. The van der Waals surface area contributed by atoms with E-state index in [0.29, 0.717) is 17.6 Å². The molecule has 0 radical (unpaired) electrons. The van der Waals surface area contributed by atoms with Crippen molar-refractivity contribution in [3.05, 3.63) is 39.9 Å². The van der Waals surface area contributed by atoms with E-state index in [-0.39, 0.29) is 11.3 Å². The molecule has 0 atom stereocenters. The Labute approximate surface area is 93.2 Å². The van der Waals surface area contributed by atoms with Crippen molar-refractivity contribution in [3.8, 4) is 5.75 Å². The summed E-state index contributed by atoms with van der Waals surface area (Å²) < 4.78 is 1.40. The van der Waals surface area contributed by atoms with Crippen molar-refractivity contribution in [3.63, 3.8) is 0 Å². The van der Waals surface area contributed by atoms with Gasteiger partial charge in [-0.1, -0.05) is 13.3 Å². The normalized spacial score (nSPS) is 10.9. The van der Waals surface area contributed by atoms with Gasteiger partial charge in [-0.25, -0.2) is 4.98 Å². The third kappa shape index (κ3) is 1.56. The van der Waals surface area contributed by atoms with Gasteiger partial charge in [0.25, 0.3) is 5.56 Å². The number of aryl methyl sites for hydroxylation is 2. The molecule has 0 saturated heterocycles. The Kier molecular flexibility index (Phi) is 2.64. The van der Waals surface area contributed by atoms with Gasteiger partial charge in [0.2, 0.25) is 0 Å². The smallest absolute Gasteiger partial charge is 0.261 e. The number of aromatic nitrogens is 2. The van der Waals surface area contributed by atoms with Crippen LogP contribution in [0.2, 0.25) is 0 Å². The molecule has 0 aromatic carbocycles. The van der Waals surface area contributed by atoms with E-state index < -0.39 is 0 Å². The van der Waals surface area contributed by atoms with Crippen LogP contribution in [-0.2, 0) is 6.42 Å². The van der Waals surface area contributed by atoms with E-state index in [4.69, 9.17) is 0 Å². The Morgan fingerprint density at radius 3 is 2.94 bits per heavy atom. The fourth-order valence-electron chi connectivity index (χ4n) is 1.70. The van der Waals surface area contributed by atoms with Crippen LogP contribution in [0.3, 0.4) is 0 Å². The first-order valence-corrected chi connectivity index (χ1v) is 5.34. The predicted molar refractivity (Wildman–Crippen MR) is 61.9 cm³/mol. The highest BCUT2D eigenvalue weighted by Gasteiger charge is 2.08. The average molecular weight is 218 g/mol. The number of fused-ring (bicyclic) bond motifs is 1. The van der Waals surface area contributed by atoms with Crippen molar-refractivity contribution < 1.29 is 5.11 Å². The molecule has 4 heteroatoms. The lowest BCUT2D eigenvalue weighted by Gasteiger charge is -2.06. The molecule has 1 N–H and O–H groups in total. The number of rotatable bonds is 2. The van der Waals surface area contributed by atoms with Gasteiger partial charge in [0.15, 0.2) is 11.4 Å². The van der Waals surface area contributed by atoms with E-state index in [2.05, 4.69) is 4.98 Å². The average Bonchev–Trinajstić information content (AvgIpc) is 2.28. The highest BCUT2D eigenvalue weighted by atomic mass is 16.3. The largest absolute Gasteiger partial charge is 0.504 e. The quantitative estimate of drug-likeness (QED) is 0.834. The van der Waals surface area contributed by atoms with Gasteiger partial charge >= 0.3 is 0 Å². The third-order valence-electron chi connectivity index (χ3n) is 2.64. The Morgan fingerprint density at radius 2 is 2.25 bits per heavy atom. The molecule has 16 heavy (non-hydrogen) atoms. The van der Waals surface area contributed by atoms with E-state index in [1.54, 1.807) is 25.4 Å². The Hall–Kier alpha value is -1.84. The lowest BCUT2D eigenvalue weighted by molar-refractivity contribution is 0.472. The molecule has 2 rings (SSSR count). The van der Waals surface area contributed by atoms with Gasteiger partial charge in [-0.15, -0.1) is 0 Å². The molecule has 0 bridgehead atoms. The first kappa shape index (κ1) is 10.7. The van der Waals surface area contributed by atoms with Crippen molar-refractivity contribution in [1.82, 2.24) is 9.38 Å². The minimum Gasteiger partial charge on any atom is -0.504 e. The molecule has 0 unspecified atom stereocenters. The van der Waals surface area contributed by atoms with Crippen LogP contribution in [0.1, 0.15) is 24.5 Å².